The lowest BCUT2D eigenvalue weighted by Gasteiger charge is -2.11. The van der Waals surface area contributed by atoms with Gasteiger partial charge in [0, 0.05) is 53.1 Å². The molecule has 0 aliphatic heterocycles. The number of aromatic nitrogens is 5. The second kappa shape index (κ2) is 12.1. The van der Waals surface area contributed by atoms with Gasteiger partial charge in [-0.25, -0.2) is 4.98 Å². The number of thiophene rings is 2. The van der Waals surface area contributed by atoms with Crippen LogP contribution >= 0.6 is 22.7 Å². The lowest BCUT2D eigenvalue weighted by Crippen LogP contribution is -1.98. The van der Waals surface area contributed by atoms with Gasteiger partial charge in [-0.1, -0.05) is 97.1 Å². The molecule has 0 bridgehead atoms. The van der Waals surface area contributed by atoms with E-state index >= 15 is 0 Å². The molecule has 0 spiro atoms. The number of para-hydroxylation sites is 5. The second-order valence-corrected chi connectivity index (χ2v) is 17.7. The summed E-state index contributed by atoms with van der Waals surface area (Å²) in [4.78, 5) is 7.70. The molecule has 6 heterocycles. The van der Waals surface area contributed by atoms with Crippen LogP contribution in [0.25, 0.3) is 118 Å². The Balaban J connectivity index is 0.992. The molecule has 0 fully saturated rings. The maximum atomic E-state index is 5.17. The van der Waals surface area contributed by atoms with Crippen molar-refractivity contribution >= 4 is 113 Å². The van der Waals surface area contributed by atoms with E-state index in [2.05, 4.69) is 206 Å². The van der Waals surface area contributed by atoms with Gasteiger partial charge in [0.05, 0.1) is 38.8 Å². The van der Waals surface area contributed by atoms with Crippen molar-refractivity contribution < 1.29 is 0 Å². The summed E-state index contributed by atoms with van der Waals surface area (Å²) in [6.07, 6.45) is 0. The first-order chi connectivity index (χ1) is 29.8. The van der Waals surface area contributed by atoms with Crippen molar-refractivity contribution in [2.75, 3.05) is 0 Å². The summed E-state index contributed by atoms with van der Waals surface area (Å²) >= 11 is 3.74. The highest BCUT2D eigenvalue weighted by molar-refractivity contribution is 7.26. The van der Waals surface area contributed by atoms with Gasteiger partial charge >= 0.3 is 0 Å². The van der Waals surface area contributed by atoms with Gasteiger partial charge in [0.25, 0.3) is 0 Å². The van der Waals surface area contributed by atoms with Gasteiger partial charge in [0.2, 0.25) is 5.78 Å². The Morgan fingerprint density at radius 3 is 1.53 bits per heavy atom. The van der Waals surface area contributed by atoms with Crippen molar-refractivity contribution in [1.82, 2.24) is 23.1 Å². The minimum Gasteiger partial charge on any atom is -0.301 e. The predicted molar refractivity (Wildman–Crippen MR) is 254 cm³/mol. The highest BCUT2D eigenvalue weighted by Crippen LogP contribution is 2.46. The SMILES string of the molecule is c1ccc(-n2c3ccc(-c4ccc5c(c4)c4c6ccccc6sc4n5-c4cccc(-n5c6ccccc6n6c7ccccc7nc56)c4)cc3c3c4ccccc4sc32)cc1. The highest BCUT2D eigenvalue weighted by atomic mass is 32.1. The van der Waals surface area contributed by atoms with Gasteiger partial charge in [-0.15, -0.1) is 22.7 Å². The molecule has 0 unspecified atom stereocenters. The van der Waals surface area contributed by atoms with E-state index in [1.165, 1.54) is 79.2 Å². The Labute approximate surface area is 350 Å². The molecule has 6 aromatic heterocycles. The molecule has 14 aromatic rings. The van der Waals surface area contributed by atoms with E-state index in [-0.39, 0.29) is 0 Å². The van der Waals surface area contributed by atoms with E-state index in [0.717, 1.165) is 39.2 Å². The quantitative estimate of drug-likeness (QED) is 0.174. The van der Waals surface area contributed by atoms with Gasteiger partial charge in [0.15, 0.2) is 0 Å². The molecule has 0 saturated heterocycles. The van der Waals surface area contributed by atoms with Crippen molar-refractivity contribution in [1.29, 1.82) is 0 Å². The number of hydrogen-bond donors (Lipinski definition) is 0. The monoisotopic (exact) mass is 801 g/mol. The number of imidazole rings is 2. The lowest BCUT2D eigenvalue weighted by atomic mass is 10.00. The predicted octanol–water partition coefficient (Wildman–Crippen LogP) is 14.7. The minimum absolute atomic E-state index is 0.910. The molecule has 0 atom stereocenters. The Bertz CT molecular complexity index is 4080. The smallest absolute Gasteiger partial charge is 0.220 e. The zero-order chi connectivity index (χ0) is 39.1. The molecule has 280 valence electrons. The van der Waals surface area contributed by atoms with E-state index < -0.39 is 0 Å². The van der Waals surface area contributed by atoms with Gasteiger partial charge in [-0.3, -0.25) is 8.97 Å². The topological polar surface area (TPSA) is 32.1 Å². The summed E-state index contributed by atoms with van der Waals surface area (Å²) < 4.78 is 12.1. The van der Waals surface area contributed by atoms with Gasteiger partial charge < -0.3 is 9.13 Å². The van der Waals surface area contributed by atoms with Crippen LogP contribution in [0.15, 0.2) is 188 Å². The number of benzene rings is 8. The molecule has 0 saturated carbocycles. The summed E-state index contributed by atoms with van der Waals surface area (Å²) in [6.45, 7) is 0. The molecule has 0 radical (unpaired) electrons. The number of fused-ring (bicyclic) bond motifs is 15. The normalized spacial score (nSPS) is 12.3. The van der Waals surface area contributed by atoms with Gasteiger partial charge in [-0.05, 0) is 102 Å². The fourth-order valence-electron chi connectivity index (χ4n) is 9.81. The lowest BCUT2D eigenvalue weighted by molar-refractivity contribution is 1.09. The Kier molecular flexibility index (Phi) is 6.53. The number of rotatable bonds is 4. The van der Waals surface area contributed by atoms with Crippen molar-refractivity contribution in [3.63, 3.8) is 0 Å². The average molecular weight is 802 g/mol. The third-order valence-electron chi connectivity index (χ3n) is 12.4. The minimum atomic E-state index is 0.910. The van der Waals surface area contributed by atoms with E-state index in [1.54, 1.807) is 0 Å². The van der Waals surface area contributed by atoms with Gasteiger partial charge in [0.1, 0.15) is 9.66 Å². The fourth-order valence-corrected chi connectivity index (χ4v) is 12.3. The van der Waals surface area contributed by atoms with Crippen molar-refractivity contribution in [3.05, 3.63) is 188 Å². The Morgan fingerprint density at radius 1 is 0.350 bits per heavy atom. The molecule has 0 N–H and O–H groups in total. The zero-order valence-electron chi connectivity index (χ0n) is 32.0. The molecular formula is C53H31N5S2. The standard InChI is InChI=1S/C53H31N5S2/c1-2-13-34(14-3-1)55-42-27-25-32(29-39(42)49-37-17-4-10-23-47(37)59-51(49)55)33-26-28-43-40(30-33)50-38-18-5-11-24-48(38)60-52(50)56(43)35-15-12-16-36(31-35)57-45-21-8-9-22-46(45)58-44-20-7-6-19-41(44)54-53(57)58/h1-31H. The van der Waals surface area contributed by atoms with Gasteiger partial charge in [-0.2, -0.15) is 0 Å². The van der Waals surface area contributed by atoms with E-state index in [0.29, 0.717) is 0 Å². The molecular weight excluding hydrogens is 771 g/mol. The van der Waals surface area contributed by atoms with Crippen LogP contribution in [0, 0.1) is 0 Å². The van der Waals surface area contributed by atoms with Crippen molar-refractivity contribution in [3.8, 4) is 28.2 Å². The number of nitrogens with zero attached hydrogens (tertiary/aromatic N) is 5. The third-order valence-corrected chi connectivity index (χ3v) is 14.7. The van der Waals surface area contributed by atoms with Crippen LogP contribution in [0.3, 0.4) is 0 Å². The zero-order valence-corrected chi connectivity index (χ0v) is 33.6. The summed E-state index contributed by atoms with van der Waals surface area (Å²) in [5.74, 6) is 0.910. The summed E-state index contributed by atoms with van der Waals surface area (Å²) in [6, 6.07) is 68.5. The maximum absolute atomic E-state index is 5.17. The third kappa shape index (κ3) is 4.37. The molecule has 7 heteroatoms. The number of hydrogen-bond acceptors (Lipinski definition) is 3. The first kappa shape index (κ1) is 32.5. The van der Waals surface area contributed by atoms with Crippen LogP contribution < -0.4 is 0 Å². The fraction of sp³-hybridized carbons (Fsp3) is 0. The van der Waals surface area contributed by atoms with Crippen molar-refractivity contribution in [2.45, 2.75) is 0 Å². The van der Waals surface area contributed by atoms with Crippen LogP contribution in [-0.2, 0) is 0 Å². The van der Waals surface area contributed by atoms with E-state index in [4.69, 9.17) is 4.98 Å². The largest absolute Gasteiger partial charge is 0.301 e. The van der Waals surface area contributed by atoms with E-state index in [9.17, 15) is 0 Å². The van der Waals surface area contributed by atoms with Crippen molar-refractivity contribution in [2.24, 2.45) is 0 Å². The first-order valence-electron chi connectivity index (χ1n) is 20.2. The molecule has 0 aliphatic carbocycles. The summed E-state index contributed by atoms with van der Waals surface area (Å²) in [7, 11) is 0. The van der Waals surface area contributed by atoms with Crippen LogP contribution in [0.2, 0.25) is 0 Å². The molecule has 0 amide bonds. The van der Waals surface area contributed by atoms with Crippen LogP contribution in [0.5, 0.6) is 0 Å². The van der Waals surface area contributed by atoms with Crippen LogP contribution in [0.1, 0.15) is 0 Å². The van der Waals surface area contributed by atoms with Crippen LogP contribution in [-0.4, -0.2) is 23.1 Å². The molecule has 8 aromatic carbocycles. The molecule has 5 nitrogen and oxygen atoms in total. The second-order valence-electron chi connectivity index (χ2n) is 15.6. The Morgan fingerprint density at radius 2 is 0.867 bits per heavy atom. The van der Waals surface area contributed by atoms with E-state index in [1.807, 2.05) is 22.7 Å². The maximum Gasteiger partial charge on any atom is 0.220 e. The summed E-state index contributed by atoms with van der Waals surface area (Å²) in [5, 5.41) is 7.76. The average Bonchev–Trinajstić information content (AvgIpc) is 4.13. The van der Waals surface area contributed by atoms with Crippen LogP contribution in [0.4, 0.5) is 0 Å². The summed E-state index contributed by atoms with van der Waals surface area (Å²) in [5.41, 5.74) is 12.6. The Hall–Kier alpha value is -7.45. The highest BCUT2D eigenvalue weighted by Gasteiger charge is 2.22. The molecule has 0 aliphatic rings. The molecule has 14 rings (SSSR count). The molecule has 60 heavy (non-hydrogen) atoms. The first-order valence-corrected chi connectivity index (χ1v) is 21.8.